The molecule has 0 saturated heterocycles. The molecule has 4 rings (SSSR count). The van der Waals surface area contributed by atoms with Gasteiger partial charge in [0.1, 0.15) is 13.2 Å². The Morgan fingerprint density at radius 1 is 0.936 bits per heavy atom. The first kappa shape index (κ1) is 37.0. The van der Waals surface area contributed by atoms with Crippen molar-refractivity contribution in [2.45, 2.75) is 70.9 Å². The number of carbonyl (C=O) groups excluding carboxylic acids is 2. The van der Waals surface area contributed by atoms with Crippen molar-refractivity contribution in [3.8, 4) is 0 Å². The van der Waals surface area contributed by atoms with Crippen molar-refractivity contribution in [1.82, 2.24) is 10.2 Å². The minimum atomic E-state index is -0.400. The molecule has 47 heavy (non-hydrogen) atoms. The number of nitrogens with two attached hydrogens (primary N) is 1. The fraction of sp³-hybridized carbons (Fsp3) is 0.444. The first-order valence-electron chi connectivity index (χ1n) is 16.3. The van der Waals surface area contributed by atoms with Crippen LogP contribution in [0.1, 0.15) is 73.9 Å². The van der Waals surface area contributed by atoms with Crippen LogP contribution in [0.5, 0.6) is 0 Å². The van der Waals surface area contributed by atoms with Gasteiger partial charge in [-0.15, -0.1) is 0 Å². The van der Waals surface area contributed by atoms with Crippen molar-refractivity contribution in [3.05, 3.63) is 85.8 Å². The number of rotatable bonds is 16. The SMILES string of the molecule is CCN(CCOC(=O)Cc1ccccc1Nc1c(Cl)cccc1Cl)CCOC(=O)c1cc(Br)c(N)c(CNC2(CC)CCCCC2)c1. The fourth-order valence-corrected chi connectivity index (χ4v) is 6.92. The van der Waals surface area contributed by atoms with E-state index in [0.717, 1.165) is 36.1 Å². The largest absolute Gasteiger partial charge is 0.464 e. The maximum absolute atomic E-state index is 13.0. The van der Waals surface area contributed by atoms with E-state index in [4.69, 9.17) is 38.4 Å². The van der Waals surface area contributed by atoms with Gasteiger partial charge < -0.3 is 25.8 Å². The second-order valence-electron chi connectivity index (χ2n) is 11.9. The molecule has 0 unspecified atom stereocenters. The van der Waals surface area contributed by atoms with Crippen LogP contribution in [0.15, 0.2) is 59.1 Å². The summed E-state index contributed by atoms with van der Waals surface area (Å²) in [6, 6.07) is 16.3. The van der Waals surface area contributed by atoms with E-state index in [1.165, 1.54) is 19.3 Å². The number of nitrogen functional groups attached to an aromatic ring is 1. The molecule has 0 spiro atoms. The van der Waals surface area contributed by atoms with E-state index in [1.807, 2.05) is 37.3 Å². The van der Waals surface area contributed by atoms with Crippen LogP contribution in [-0.2, 0) is 27.2 Å². The predicted molar refractivity (Wildman–Crippen MR) is 195 cm³/mol. The lowest BCUT2D eigenvalue weighted by Crippen LogP contribution is -2.45. The van der Waals surface area contributed by atoms with Gasteiger partial charge in [-0.1, -0.05) is 80.6 Å². The number of carbonyl (C=O) groups is 2. The molecule has 254 valence electrons. The minimum absolute atomic E-state index is 0.0864. The monoisotopic (exact) mass is 746 g/mol. The second-order valence-corrected chi connectivity index (χ2v) is 13.6. The van der Waals surface area contributed by atoms with Crippen molar-refractivity contribution in [1.29, 1.82) is 0 Å². The van der Waals surface area contributed by atoms with E-state index >= 15 is 0 Å². The summed E-state index contributed by atoms with van der Waals surface area (Å²) in [6.45, 7) is 6.99. The van der Waals surface area contributed by atoms with Crippen molar-refractivity contribution in [2.75, 3.05) is 43.9 Å². The Bertz CT molecular complexity index is 1500. The van der Waals surface area contributed by atoms with Crippen molar-refractivity contribution < 1.29 is 19.1 Å². The Hall–Kier alpha value is -2.82. The summed E-state index contributed by atoms with van der Waals surface area (Å²) in [7, 11) is 0. The molecule has 0 aromatic heterocycles. The molecule has 0 aliphatic heterocycles. The summed E-state index contributed by atoms with van der Waals surface area (Å²) >= 11 is 16.2. The summed E-state index contributed by atoms with van der Waals surface area (Å²) in [5.74, 6) is -0.748. The number of para-hydroxylation sites is 2. The predicted octanol–water partition coefficient (Wildman–Crippen LogP) is 8.55. The molecule has 3 aromatic carbocycles. The van der Waals surface area contributed by atoms with E-state index < -0.39 is 5.97 Å². The zero-order valence-corrected chi connectivity index (χ0v) is 30.3. The maximum atomic E-state index is 13.0. The van der Waals surface area contributed by atoms with Crippen LogP contribution in [0.3, 0.4) is 0 Å². The first-order chi connectivity index (χ1) is 22.6. The van der Waals surface area contributed by atoms with E-state index in [0.29, 0.717) is 57.6 Å². The van der Waals surface area contributed by atoms with Gasteiger partial charge in [0.05, 0.1) is 33.4 Å². The normalized spacial score (nSPS) is 14.2. The van der Waals surface area contributed by atoms with Gasteiger partial charge in [-0.2, -0.15) is 0 Å². The molecule has 1 aliphatic rings. The third-order valence-electron chi connectivity index (χ3n) is 8.93. The molecule has 0 atom stereocenters. The molecule has 8 nitrogen and oxygen atoms in total. The lowest BCUT2D eigenvalue weighted by atomic mass is 9.79. The number of esters is 2. The number of likely N-dealkylation sites (N-methyl/N-ethyl adjacent to an activating group) is 1. The number of nitrogens with zero attached hydrogens (tertiary/aromatic N) is 1. The fourth-order valence-electron chi connectivity index (χ4n) is 5.93. The zero-order valence-electron chi connectivity index (χ0n) is 27.2. The Kier molecular flexibility index (Phi) is 14.2. The highest BCUT2D eigenvalue weighted by Crippen LogP contribution is 2.34. The molecule has 4 N–H and O–H groups in total. The molecule has 0 amide bonds. The second kappa shape index (κ2) is 18.1. The van der Waals surface area contributed by atoms with Gasteiger partial charge in [0.15, 0.2) is 0 Å². The van der Waals surface area contributed by atoms with Crippen LogP contribution < -0.4 is 16.4 Å². The number of ether oxygens (including phenoxy) is 2. The zero-order chi connectivity index (χ0) is 33.8. The maximum Gasteiger partial charge on any atom is 0.338 e. The minimum Gasteiger partial charge on any atom is -0.464 e. The molecular formula is C36H45BrCl2N4O4. The molecule has 0 radical (unpaired) electrons. The van der Waals surface area contributed by atoms with Crippen molar-refractivity contribution >= 4 is 68.1 Å². The summed E-state index contributed by atoms with van der Waals surface area (Å²) in [4.78, 5) is 27.8. The molecule has 1 saturated carbocycles. The Balaban J connectivity index is 1.23. The van der Waals surface area contributed by atoms with Crippen molar-refractivity contribution in [3.63, 3.8) is 0 Å². The van der Waals surface area contributed by atoms with Crippen LogP contribution in [0.25, 0.3) is 0 Å². The lowest BCUT2D eigenvalue weighted by Gasteiger charge is -2.38. The summed E-state index contributed by atoms with van der Waals surface area (Å²) in [5, 5.41) is 7.96. The third-order valence-corrected chi connectivity index (χ3v) is 10.2. The third kappa shape index (κ3) is 10.6. The Morgan fingerprint density at radius 3 is 2.30 bits per heavy atom. The number of anilines is 3. The number of benzene rings is 3. The molecular weight excluding hydrogens is 703 g/mol. The molecule has 11 heteroatoms. The Labute approximate surface area is 296 Å². The Morgan fingerprint density at radius 2 is 1.62 bits per heavy atom. The standard InChI is InChI=1S/C36H45BrCl2N4O4/c1-3-36(15-8-5-9-16-36)41-24-27-21-26(22-28(37)33(27)40)35(45)47-20-18-43(4-2)17-19-46-32(44)23-25-11-6-7-14-31(25)42-34-29(38)12-10-13-30(34)39/h6-7,10-14,21-22,41-42H,3-5,8-9,15-20,23-24,40H2,1-2H3. The van der Waals surface area contributed by atoms with E-state index in [9.17, 15) is 9.59 Å². The van der Waals surface area contributed by atoms with Crippen LogP contribution >= 0.6 is 39.1 Å². The quantitative estimate of drug-likeness (QED) is 0.0990. The van der Waals surface area contributed by atoms with Gasteiger partial charge in [0.2, 0.25) is 0 Å². The summed E-state index contributed by atoms with van der Waals surface area (Å²) in [5.41, 5.74) is 10.5. The van der Waals surface area contributed by atoms with Crippen LogP contribution in [0, 0.1) is 0 Å². The van der Waals surface area contributed by atoms with Crippen LogP contribution in [-0.4, -0.2) is 55.2 Å². The molecule has 0 bridgehead atoms. The van der Waals surface area contributed by atoms with E-state index in [2.05, 4.69) is 38.4 Å². The van der Waals surface area contributed by atoms with Gasteiger partial charge in [-0.3, -0.25) is 9.69 Å². The van der Waals surface area contributed by atoms with Gasteiger partial charge in [0, 0.05) is 35.3 Å². The molecule has 1 aliphatic carbocycles. The van der Waals surface area contributed by atoms with Crippen LogP contribution in [0.2, 0.25) is 10.0 Å². The smallest absolute Gasteiger partial charge is 0.338 e. The lowest BCUT2D eigenvalue weighted by molar-refractivity contribution is -0.143. The van der Waals surface area contributed by atoms with Gasteiger partial charge in [-0.25, -0.2) is 4.79 Å². The van der Waals surface area contributed by atoms with Gasteiger partial charge >= 0.3 is 11.9 Å². The molecule has 3 aromatic rings. The highest BCUT2D eigenvalue weighted by atomic mass is 79.9. The number of hydrogen-bond acceptors (Lipinski definition) is 8. The first-order valence-corrected chi connectivity index (χ1v) is 17.9. The van der Waals surface area contributed by atoms with E-state index in [-0.39, 0.29) is 31.1 Å². The number of hydrogen-bond donors (Lipinski definition) is 3. The highest BCUT2D eigenvalue weighted by molar-refractivity contribution is 9.10. The number of nitrogens with one attached hydrogen (secondary N) is 2. The molecule has 0 heterocycles. The van der Waals surface area contributed by atoms with Gasteiger partial charge in [-0.05, 0) is 83.2 Å². The summed E-state index contributed by atoms with van der Waals surface area (Å²) < 4.78 is 11.9. The van der Waals surface area contributed by atoms with Crippen LogP contribution in [0.4, 0.5) is 17.1 Å². The number of halogens is 3. The average molecular weight is 749 g/mol. The molecule has 1 fully saturated rings. The van der Waals surface area contributed by atoms with E-state index in [1.54, 1.807) is 24.3 Å². The highest BCUT2D eigenvalue weighted by Gasteiger charge is 2.29. The van der Waals surface area contributed by atoms with Gasteiger partial charge in [0.25, 0.3) is 0 Å². The van der Waals surface area contributed by atoms with Crippen molar-refractivity contribution in [2.24, 2.45) is 0 Å². The average Bonchev–Trinajstić information content (AvgIpc) is 3.07. The summed E-state index contributed by atoms with van der Waals surface area (Å²) in [6.07, 6.45) is 7.22. The topological polar surface area (TPSA) is 106 Å².